The highest BCUT2D eigenvalue weighted by Crippen LogP contribution is 2.38. The van der Waals surface area contributed by atoms with Crippen LogP contribution in [-0.4, -0.2) is 22.2 Å². The van der Waals surface area contributed by atoms with Crippen molar-refractivity contribution in [2.45, 2.75) is 63.8 Å². The number of aromatic nitrogens is 1. The average molecular weight is 356 g/mol. The minimum atomic E-state index is -4.52. The van der Waals surface area contributed by atoms with Gasteiger partial charge >= 0.3 is 6.18 Å². The molecule has 25 heavy (non-hydrogen) atoms. The summed E-state index contributed by atoms with van der Waals surface area (Å²) in [6.45, 7) is 5.79. The van der Waals surface area contributed by atoms with E-state index in [1.807, 2.05) is 13.8 Å². The molecule has 3 rings (SSSR count). The van der Waals surface area contributed by atoms with Crippen LogP contribution < -0.4 is 5.32 Å². The number of hydrogen-bond acceptors (Lipinski definition) is 4. The van der Waals surface area contributed by atoms with Gasteiger partial charge in [-0.05, 0) is 43.9 Å². The summed E-state index contributed by atoms with van der Waals surface area (Å²) in [6.07, 6.45) is -2.09. The predicted octanol–water partition coefficient (Wildman–Crippen LogP) is 4.54. The van der Waals surface area contributed by atoms with Crippen LogP contribution in [0.15, 0.2) is 16.5 Å². The van der Waals surface area contributed by atoms with Crippen molar-refractivity contribution < 1.29 is 22.7 Å². The lowest BCUT2D eigenvalue weighted by Crippen LogP contribution is -2.46. The molecule has 0 amide bonds. The standard InChI is InChI=1S/C18H23F3N2O2/c1-10(2)16-23-14-8-12(7-13(15(14)25-16)18(19,20)21)11(3)22-9-17(24)5-4-6-17/h7-8,10-11,22,24H,4-6,9H2,1-3H3. The first-order valence-electron chi connectivity index (χ1n) is 8.56. The fourth-order valence-corrected chi connectivity index (χ4v) is 3.00. The van der Waals surface area contributed by atoms with Gasteiger partial charge in [0, 0.05) is 18.5 Å². The number of nitrogens with zero attached hydrogens (tertiary/aromatic N) is 1. The molecule has 0 spiro atoms. The van der Waals surface area contributed by atoms with E-state index in [1.54, 1.807) is 13.0 Å². The number of benzene rings is 1. The quantitative estimate of drug-likeness (QED) is 0.826. The van der Waals surface area contributed by atoms with Crippen molar-refractivity contribution in [2.24, 2.45) is 0 Å². The average Bonchev–Trinajstić information content (AvgIpc) is 2.92. The van der Waals surface area contributed by atoms with Crippen LogP contribution >= 0.6 is 0 Å². The molecule has 138 valence electrons. The Morgan fingerprint density at radius 3 is 2.48 bits per heavy atom. The van der Waals surface area contributed by atoms with Gasteiger partial charge in [-0.3, -0.25) is 0 Å². The summed E-state index contributed by atoms with van der Waals surface area (Å²) < 4.78 is 45.8. The Morgan fingerprint density at radius 1 is 1.28 bits per heavy atom. The van der Waals surface area contributed by atoms with Crippen LogP contribution in [0.4, 0.5) is 13.2 Å². The SMILES string of the molecule is CC(C)c1nc2cc(C(C)NCC3(O)CCC3)cc(C(F)(F)F)c2o1. The van der Waals surface area contributed by atoms with Gasteiger partial charge in [0.25, 0.3) is 0 Å². The van der Waals surface area contributed by atoms with Crippen LogP contribution in [0.1, 0.15) is 69.0 Å². The monoisotopic (exact) mass is 356 g/mol. The Labute approximate surface area is 144 Å². The summed E-state index contributed by atoms with van der Waals surface area (Å²) in [6, 6.07) is 2.40. The zero-order chi connectivity index (χ0) is 18.4. The van der Waals surface area contributed by atoms with E-state index in [0.29, 0.717) is 18.0 Å². The maximum Gasteiger partial charge on any atom is 0.420 e. The second kappa shape index (κ2) is 6.29. The van der Waals surface area contributed by atoms with Crippen molar-refractivity contribution in [1.82, 2.24) is 10.3 Å². The van der Waals surface area contributed by atoms with Crippen molar-refractivity contribution >= 4 is 11.1 Å². The van der Waals surface area contributed by atoms with Crippen molar-refractivity contribution in [3.63, 3.8) is 0 Å². The van der Waals surface area contributed by atoms with Gasteiger partial charge in [0.15, 0.2) is 11.5 Å². The lowest BCUT2D eigenvalue weighted by molar-refractivity contribution is -0.136. The maximum absolute atomic E-state index is 13.5. The third kappa shape index (κ3) is 3.67. The Morgan fingerprint density at radius 2 is 1.96 bits per heavy atom. The van der Waals surface area contributed by atoms with Crippen molar-refractivity contribution in [3.8, 4) is 0 Å². The second-order valence-electron chi connectivity index (χ2n) is 7.30. The van der Waals surface area contributed by atoms with E-state index in [-0.39, 0.29) is 23.1 Å². The van der Waals surface area contributed by atoms with Gasteiger partial charge in [-0.15, -0.1) is 0 Å². The van der Waals surface area contributed by atoms with Gasteiger partial charge in [0.05, 0.1) is 5.60 Å². The lowest BCUT2D eigenvalue weighted by atomic mass is 9.80. The molecule has 1 aromatic heterocycles. The number of rotatable bonds is 5. The maximum atomic E-state index is 13.5. The van der Waals surface area contributed by atoms with Gasteiger partial charge in [-0.2, -0.15) is 13.2 Å². The van der Waals surface area contributed by atoms with Gasteiger partial charge in [0.1, 0.15) is 11.1 Å². The molecule has 1 fully saturated rings. The smallest absolute Gasteiger partial charge is 0.420 e. The zero-order valence-electron chi connectivity index (χ0n) is 14.6. The first-order chi connectivity index (χ1) is 11.6. The molecule has 0 bridgehead atoms. The molecule has 1 unspecified atom stereocenters. The highest BCUT2D eigenvalue weighted by Gasteiger charge is 2.37. The molecule has 1 aliphatic carbocycles. The van der Waals surface area contributed by atoms with Crippen LogP contribution in [0, 0.1) is 0 Å². The number of halogens is 3. The molecular weight excluding hydrogens is 333 g/mol. The van der Waals surface area contributed by atoms with Crippen LogP contribution in [0.5, 0.6) is 0 Å². The third-order valence-electron chi connectivity index (χ3n) is 4.85. The van der Waals surface area contributed by atoms with Gasteiger partial charge in [-0.25, -0.2) is 4.98 Å². The third-order valence-corrected chi connectivity index (χ3v) is 4.85. The highest BCUT2D eigenvalue weighted by molar-refractivity contribution is 5.78. The minimum absolute atomic E-state index is 0.0969. The molecule has 0 saturated heterocycles. The van der Waals surface area contributed by atoms with Crippen LogP contribution in [0.2, 0.25) is 0 Å². The molecule has 2 N–H and O–H groups in total. The molecule has 7 heteroatoms. The van der Waals surface area contributed by atoms with Crippen LogP contribution in [0.3, 0.4) is 0 Å². The molecular formula is C18H23F3N2O2. The van der Waals surface area contributed by atoms with Gasteiger partial charge < -0.3 is 14.8 Å². The fraction of sp³-hybridized carbons (Fsp3) is 0.611. The number of alkyl halides is 3. The summed E-state index contributed by atoms with van der Waals surface area (Å²) in [7, 11) is 0. The summed E-state index contributed by atoms with van der Waals surface area (Å²) in [4.78, 5) is 4.22. The number of nitrogens with one attached hydrogen (secondary N) is 1. The normalized spacial score (nSPS) is 18.6. The first-order valence-corrected chi connectivity index (χ1v) is 8.56. The molecule has 4 nitrogen and oxygen atoms in total. The fourth-order valence-electron chi connectivity index (χ4n) is 3.00. The lowest BCUT2D eigenvalue weighted by Gasteiger charge is -2.37. The van der Waals surface area contributed by atoms with E-state index in [2.05, 4.69) is 10.3 Å². The Kier molecular flexibility index (Phi) is 4.58. The van der Waals surface area contributed by atoms with Crippen LogP contribution in [-0.2, 0) is 6.18 Å². The summed E-state index contributed by atoms with van der Waals surface area (Å²) in [5.74, 6) is 0.197. The predicted molar refractivity (Wildman–Crippen MR) is 88.3 cm³/mol. The molecule has 1 heterocycles. The Hall–Kier alpha value is -1.60. The second-order valence-corrected chi connectivity index (χ2v) is 7.30. The molecule has 0 radical (unpaired) electrons. The molecule has 1 saturated carbocycles. The highest BCUT2D eigenvalue weighted by atomic mass is 19.4. The van der Waals surface area contributed by atoms with E-state index in [4.69, 9.17) is 4.42 Å². The molecule has 2 aromatic rings. The van der Waals surface area contributed by atoms with E-state index in [1.165, 1.54) is 0 Å². The van der Waals surface area contributed by atoms with Gasteiger partial charge in [-0.1, -0.05) is 13.8 Å². The molecule has 1 atom stereocenters. The number of fused-ring (bicyclic) bond motifs is 1. The van der Waals surface area contributed by atoms with Crippen molar-refractivity contribution in [2.75, 3.05) is 6.54 Å². The molecule has 1 aliphatic rings. The van der Waals surface area contributed by atoms with Crippen molar-refractivity contribution in [3.05, 3.63) is 29.2 Å². The van der Waals surface area contributed by atoms with E-state index >= 15 is 0 Å². The van der Waals surface area contributed by atoms with Gasteiger partial charge in [0.2, 0.25) is 0 Å². The largest absolute Gasteiger partial charge is 0.440 e. The number of oxazole rings is 1. The summed E-state index contributed by atoms with van der Waals surface area (Å²) in [5, 5.41) is 13.3. The Balaban J connectivity index is 1.94. The van der Waals surface area contributed by atoms with Crippen molar-refractivity contribution in [1.29, 1.82) is 0 Å². The zero-order valence-corrected chi connectivity index (χ0v) is 14.6. The summed E-state index contributed by atoms with van der Waals surface area (Å²) >= 11 is 0. The Bertz CT molecular complexity index is 764. The number of aliphatic hydroxyl groups is 1. The first kappa shape index (κ1) is 18.2. The van der Waals surface area contributed by atoms with E-state index < -0.39 is 17.3 Å². The molecule has 0 aliphatic heterocycles. The van der Waals surface area contributed by atoms with Crippen LogP contribution in [0.25, 0.3) is 11.1 Å². The topological polar surface area (TPSA) is 58.3 Å². The molecule has 1 aromatic carbocycles. The minimum Gasteiger partial charge on any atom is -0.440 e. The summed E-state index contributed by atoms with van der Waals surface area (Å²) in [5.41, 5.74) is -1.07. The van der Waals surface area contributed by atoms with E-state index in [0.717, 1.165) is 25.3 Å². The van der Waals surface area contributed by atoms with E-state index in [9.17, 15) is 18.3 Å². The number of hydrogen-bond donors (Lipinski definition) is 2.